The van der Waals surface area contributed by atoms with E-state index in [0.717, 1.165) is 17.9 Å². The highest BCUT2D eigenvalue weighted by atomic mass is 35.5. The lowest BCUT2D eigenvalue weighted by atomic mass is 9.83. The minimum Gasteiger partial charge on any atom is -0.324 e. The van der Waals surface area contributed by atoms with Crippen molar-refractivity contribution in [1.29, 1.82) is 0 Å². The van der Waals surface area contributed by atoms with Crippen LogP contribution in [0.25, 0.3) is 0 Å². The SMILES string of the molecule is NC(CC1CCCCC1)c1ccc(Cl)c(Cl)c1. The lowest BCUT2D eigenvalue weighted by Gasteiger charge is -2.24. The Morgan fingerprint density at radius 3 is 2.47 bits per heavy atom. The Labute approximate surface area is 113 Å². The van der Waals surface area contributed by atoms with Gasteiger partial charge in [-0.25, -0.2) is 0 Å². The van der Waals surface area contributed by atoms with Crippen molar-refractivity contribution < 1.29 is 0 Å². The number of nitrogens with two attached hydrogens (primary N) is 1. The molecule has 1 fully saturated rings. The molecular weight excluding hydrogens is 253 g/mol. The molecule has 1 aromatic rings. The van der Waals surface area contributed by atoms with Crippen molar-refractivity contribution in [2.45, 2.75) is 44.6 Å². The Morgan fingerprint density at radius 2 is 1.82 bits per heavy atom. The maximum atomic E-state index is 6.24. The van der Waals surface area contributed by atoms with E-state index >= 15 is 0 Å². The highest BCUT2D eigenvalue weighted by Gasteiger charge is 2.18. The summed E-state index contributed by atoms with van der Waals surface area (Å²) < 4.78 is 0. The van der Waals surface area contributed by atoms with Crippen molar-refractivity contribution >= 4 is 23.2 Å². The van der Waals surface area contributed by atoms with E-state index in [-0.39, 0.29) is 6.04 Å². The van der Waals surface area contributed by atoms with E-state index < -0.39 is 0 Å². The van der Waals surface area contributed by atoms with Gasteiger partial charge in [0.2, 0.25) is 0 Å². The van der Waals surface area contributed by atoms with Gasteiger partial charge in [0.05, 0.1) is 10.0 Å². The van der Waals surface area contributed by atoms with Crippen LogP contribution < -0.4 is 5.73 Å². The fourth-order valence-corrected chi connectivity index (χ4v) is 2.97. The van der Waals surface area contributed by atoms with Crippen LogP contribution in [0.3, 0.4) is 0 Å². The molecule has 0 radical (unpaired) electrons. The lowest BCUT2D eigenvalue weighted by Crippen LogP contribution is -2.17. The molecule has 1 atom stereocenters. The van der Waals surface area contributed by atoms with Crippen LogP contribution in [0, 0.1) is 5.92 Å². The zero-order valence-corrected chi connectivity index (χ0v) is 11.5. The second kappa shape index (κ2) is 6.08. The Hall–Kier alpha value is -0.240. The standard InChI is InChI=1S/C14H19Cl2N/c15-12-7-6-11(9-13(12)16)14(17)8-10-4-2-1-3-5-10/h6-7,9-10,14H,1-5,8,17H2. The van der Waals surface area contributed by atoms with Gasteiger partial charge in [0.15, 0.2) is 0 Å². The largest absolute Gasteiger partial charge is 0.324 e. The molecule has 1 aliphatic rings. The maximum Gasteiger partial charge on any atom is 0.0595 e. The van der Waals surface area contributed by atoms with E-state index in [1.165, 1.54) is 32.1 Å². The van der Waals surface area contributed by atoms with E-state index in [9.17, 15) is 0 Å². The summed E-state index contributed by atoms with van der Waals surface area (Å²) in [7, 11) is 0. The predicted molar refractivity (Wildman–Crippen MR) is 74.6 cm³/mol. The summed E-state index contributed by atoms with van der Waals surface area (Å²) >= 11 is 11.9. The third kappa shape index (κ3) is 3.61. The van der Waals surface area contributed by atoms with Gasteiger partial charge in [0.1, 0.15) is 0 Å². The number of hydrogen-bond acceptors (Lipinski definition) is 1. The van der Waals surface area contributed by atoms with Crippen LogP contribution in [0.1, 0.15) is 50.1 Å². The van der Waals surface area contributed by atoms with Crippen LogP contribution in [-0.2, 0) is 0 Å². The van der Waals surface area contributed by atoms with Gasteiger partial charge in [0, 0.05) is 6.04 Å². The molecule has 0 heterocycles. The molecule has 1 nitrogen and oxygen atoms in total. The molecule has 0 bridgehead atoms. The Balaban J connectivity index is 1.98. The van der Waals surface area contributed by atoms with Crippen molar-refractivity contribution in [3.63, 3.8) is 0 Å². The third-order valence-electron chi connectivity index (χ3n) is 3.68. The minimum atomic E-state index is 0.0906. The van der Waals surface area contributed by atoms with E-state index in [1.807, 2.05) is 18.2 Å². The molecule has 2 N–H and O–H groups in total. The number of halogens is 2. The van der Waals surface area contributed by atoms with Crippen LogP contribution in [-0.4, -0.2) is 0 Å². The van der Waals surface area contributed by atoms with Crippen molar-refractivity contribution in [3.8, 4) is 0 Å². The van der Waals surface area contributed by atoms with Gasteiger partial charge in [0.25, 0.3) is 0 Å². The van der Waals surface area contributed by atoms with Crippen molar-refractivity contribution in [2.75, 3.05) is 0 Å². The van der Waals surface area contributed by atoms with Gasteiger partial charge in [-0.1, -0.05) is 61.4 Å². The number of rotatable bonds is 3. The smallest absolute Gasteiger partial charge is 0.0595 e. The minimum absolute atomic E-state index is 0.0906. The quantitative estimate of drug-likeness (QED) is 0.826. The molecule has 94 valence electrons. The van der Waals surface area contributed by atoms with Crippen LogP contribution >= 0.6 is 23.2 Å². The van der Waals surface area contributed by atoms with Gasteiger partial charge in [-0.2, -0.15) is 0 Å². The van der Waals surface area contributed by atoms with Crippen molar-refractivity contribution in [1.82, 2.24) is 0 Å². The molecule has 0 amide bonds. The fourth-order valence-electron chi connectivity index (χ4n) is 2.66. The van der Waals surface area contributed by atoms with Crippen LogP contribution in [0.5, 0.6) is 0 Å². The first-order valence-corrected chi connectivity index (χ1v) is 7.13. The normalized spacial score (nSPS) is 19.2. The van der Waals surface area contributed by atoms with Gasteiger partial charge >= 0.3 is 0 Å². The van der Waals surface area contributed by atoms with Gasteiger partial charge < -0.3 is 5.73 Å². The second-order valence-electron chi connectivity index (χ2n) is 5.02. The van der Waals surface area contributed by atoms with Crippen molar-refractivity contribution in [2.24, 2.45) is 11.7 Å². The molecule has 1 unspecified atom stereocenters. The molecule has 0 aliphatic heterocycles. The van der Waals surface area contributed by atoms with Crippen LogP contribution in [0.2, 0.25) is 10.0 Å². The topological polar surface area (TPSA) is 26.0 Å². The number of hydrogen-bond donors (Lipinski definition) is 1. The first-order chi connectivity index (χ1) is 8.16. The highest BCUT2D eigenvalue weighted by molar-refractivity contribution is 6.42. The molecule has 0 aromatic heterocycles. The van der Waals surface area contributed by atoms with Crippen LogP contribution in [0.15, 0.2) is 18.2 Å². The molecule has 1 aliphatic carbocycles. The molecule has 1 saturated carbocycles. The Bertz CT molecular complexity index is 372. The molecule has 2 rings (SSSR count). The van der Waals surface area contributed by atoms with Crippen molar-refractivity contribution in [3.05, 3.63) is 33.8 Å². The van der Waals surface area contributed by atoms with E-state index in [1.54, 1.807) is 0 Å². The molecule has 0 saturated heterocycles. The summed E-state index contributed by atoms with van der Waals surface area (Å²) in [4.78, 5) is 0. The summed E-state index contributed by atoms with van der Waals surface area (Å²) in [5.74, 6) is 0.785. The van der Waals surface area contributed by atoms with Gasteiger partial charge in [-0.05, 0) is 30.0 Å². The van der Waals surface area contributed by atoms with Gasteiger partial charge in [-0.15, -0.1) is 0 Å². The summed E-state index contributed by atoms with van der Waals surface area (Å²) in [6.07, 6.45) is 7.83. The average molecular weight is 272 g/mol. The maximum absolute atomic E-state index is 6.24. The summed E-state index contributed by atoms with van der Waals surface area (Å²) in [5.41, 5.74) is 7.34. The predicted octanol–water partition coefficient (Wildman–Crippen LogP) is 4.96. The van der Waals surface area contributed by atoms with Gasteiger partial charge in [-0.3, -0.25) is 0 Å². The molecule has 3 heteroatoms. The zero-order valence-electron chi connectivity index (χ0n) is 9.96. The third-order valence-corrected chi connectivity index (χ3v) is 4.42. The average Bonchev–Trinajstić information content (AvgIpc) is 2.34. The lowest BCUT2D eigenvalue weighted by molar-refractivity contribution is 0.319. The number of benzene rings is 1. The monoisotopic (exact) mass is 271 g/mol. The second-order valence-corrected chi connectivity index (χ2v) is 5.83. The molecule has 1 aromatic carbocycles. The first kappa shape index (κ1) is 13.2. The summed E-state index contributed by atoms with van der Waals surface area (Å²) in [6, 6.07) is 5.81. The van der Waals surface area contributed by atoms with E-state index in [4.69, 9.17) is 28.9 Å². The summed E-state index contributed by atoms with van der Waals surface area (Å²) in [5, 5.41) is 1.20. The molecular formula is C14H19Cl2N. The highest BCUT2D eigenvalue weighted by Crippen LogP contribution is 2.32. The fraction of sp³-hybridized carbons (Fsp3) is 0.571. The zero-order chi connectivity index (χ0) is 12.3. The Morgan fingerprint density at radius 1 is 1.12 bits per heavy atom. The molecule has 0 spiro atoms. The van der Waals surface area contributed by atoms with E-state index in [0.29, 0.717) is 10.0 Å². The molecule has 17 heavy (non-hydrogen) atoms. The Kier molecular flexibility index (Phi) is 4.72. The first-order valence-electron chi connectivity index (χ1n) is 6.37. The van der Waals surface area contributed by atoms with E-state index in [2.05, 4.69) is 0 Å². The summed E-state index contributed by atoms with van der Waals surface area (Å²) in [6.45, 7) is 0. The van der Waals surface area contributed by atoms with Crippen LogP contribution in [0.4, 0.5) is 0 Å².